The fraction of sp³-hybridized carbons (Fsp3) is 0.652. The van der Waals surface area contributed by atoms with E-state index in [-0.39, 0.29) is 18.9 Å². The van der Waals surface area contributed by atoms with Gasteiger partial charge in [0.1, 0.15) is 0 Å². The van der Waals surface area contributed by atoms with E-state index < -0.39 is 5.97 Å². The minimum absolute atomic E-state index is 0.0588. The van der Waals surface area contributed by atoms with Crippen LogP contribution >= 0.6 is 0 Å². The molecule has 28 heavy (non-hydrogen) atoms. The van der Waals surface area contributed by atoms with Crippen molar-refractivity contribution in [1.29, 1.82) is 0 Å². The Bertz CT molecular complexity index is 630. The van der Waals surface area contributed by atoms with Crippen molar-refractivity contribution in [2.75, 3.05) is 6.54 Å². The summed E-state index contributed by atoms with van der Waals surface area (Å²) < 4.78 is 0. The van der Waals surface area contributed by atoms with E-state index >= 15 is 0 Å². The number of benzene rings is 1. The normalized spacial score (nSPS) is 23.3. The number of aliphatic carboxylic acids is 1. The lowest BCUT2D eigenvalue weighted by Crippen LogP contribution is -2.34. The van der Waals surface area contributed by atoms with E-state index in [1.54, 1.807) is 0 Å². The van der Waals surface area contributed by atoms with Gasteiger partial charge in [-0.05, 0) is 55.2 Å². The summed E-state index contributed by atoms with van der Waals surface area (Å²) in [5.74, 6) is 0.817. The Morgan fingerprint density at radius 3 is 2.18 bits per heavy atom. The fourth-order valence-corrected chi connectivity index (χ4v) is 4.82. The summed E-state index contributed by atoms with van der Waals surface area (Å²) in [4.78, 5) is 22.5. The van der Waals surface area contributed by atoms with Gasteiger partial charge < -0.3 is 15.7 Å². The molecular formula is C23H34N2O3. The first-order chi connectivity index (χ1) is 13.6. The van der Waals surface area contributed by atoms with Crippen LogP contribution in [-0.2, 0) is 11.3 Å². The maximum Gasteiger partial charge on any atom is 0.305 e. The predicted molar refractivity (Wildman–Crippen MR) is 110 cm³/mol. The minimum atomic E-state index is -0.908. The van der Waals surface area contributed by atoms with Crippen molar-refractivity contribution in [2.24, 2.45) is 11.8 Å². The maximum atomic E-state index is 12.0. The molecule has 2 fully saturated rings. The topological polar surface area (TPSA) is 78.4 Å². The zero-order valence-corrected chi connectivity index (χ0v) is 16.8. The number of carbonyl (C=O) groups excluding carboxylic acids is 1. The van der Waals surface area contributed by atoms with E-state index in [1.807, 2.05) is 24.3 Å². The highest BCUT2D eigenvalue weighted by atomic mass is 16.4. The summed E-state index contributed by atoms with van der Waals surface area (Å²) in [6, 6.07) is 8.19. The monoisotopic (exact) mass is 386 g/mol. The fourth-order valence-electron chi connectivity index (χ4n) is 4.82. The molecule has 0 aliphatic heterocycles. The van der Waals surface area contributed by atoms with Gasteiger partial charge in [0.25, 0.3) is 5.91 Å². The second-order valence-electron chi connectivity index (χ2n) is 8.49. The van der Waals surface area contributed by atoms with Crippen LogP contribution in [0.4, 0.5) is 0 Å². The van der Waals surface area contributed by atoms with Gasteiger partial charge in [-0.2, -0.15) is 0 Å². The van der Waals surface area contributed by atoms with Crippen LogP contribution in [0.15, 0.2) is 24.3 Å². The van der Waals surface area contributed by atoms with Gasteiger partial charge in [-0.1, -0.05) is 44.2 Å². The molecule has 0 unspecified atom stereocenters. The van der Waals surface area contributed by atoms with E-state index in [9.17, 15) is 9.59 Å². The predicted octanol–water partition coefficient (Wildman–Crippen LogP) is 4.12. The first-order valence-corrected chi connectivity index (χ1v) is 10.9. The Kier molecular flexibility index (Phi) is 7.90. The molecule has 2 aliphatic carbocycles. The minimum Gasteiger partial charge on any atom is -0.481 e. The van der Waals surface area contributed by atoms with Crippen molar-refractivity contribution in [2.45, 2.75) is 76.8 Å². The third kappa shape index (κ3) is 6.33. The lowest BCUT2D eigenvalue weighted by Gasteiger charge is -2.36. The number of carboxylic acids is 1. The van der Waals surface area contributed by atoms with Crippen molar-refractivity contribution in [3.8, 4) is 0 Å². The van der Waals surface area contributed by atoms with E-state index in [1.165, 1.54) is 63.4 Å². The Morgan fingerprint density at radius 2 is 1.54 bits per heavy atom. The number of hydrogen-bond acceptors (Lipinski definition) is 3. The maximum absolute atomic E-state index is 12.0. The molecule has 0 aromatic heterocycles. The summed E-state index contributed by atoms with van der Waals surface area (Å²) in [6.07, 6.45) is 12.5. The SMILES string of the molecule is O=C(O)CCNC(=O)c1ccc(CNC2CCC(C3CCCCC3)CC2)cc1. The lowest BCUT2D eigenvalue weighted by atomic mass is 9.72. The van der Waals surface area contributed by atoms with Crippen LogP contribution in [0.25, 0.3) is 0 Å². The standard InChI is InChI=1S/C23H34N2O3/c26-22(27)14-15-24-23(28)20-8-6-17(7-9-20)16-25-21-12-10-19(11-13-21)18-4-2-1-3-5-18/h6-9,18-19,21,25H,1-5,10-16H2,(H,24,28)(H,26,27). The van der Waals surface area contributed by atoms with Gasteiger partial charge in [-0.25, -0.2) is 0 Å². The largest absolute Gasteiger partial charge is 0.481 e. The smallest absolute Gasteiger partial charge is 0.305 e. The van der Waals surface area contributed by atoms with Crippen molar-refractivity contribution in [3.63, 3.8) is 0 Å². The van der Waals surface area contributed by atoms with Crippen molar-refractivity contribution >= 4 is 11.9 Å². The Morgan fingerprint density at radius 1 is 0.893 bits per heavy atom. The van der Waals surface area contributed by atoms with Crippen LogP contribution in [0.5, 0.6) is 0 Å². The first-order valence-electron chi connectivity index (χ1n) is 10.9. The van der Waals surface area contributed by atoms with E-state index in [0.717, 1.165) is 18.4 Å². The van der Waals surface area contributed by atoms with E-state index in [0.29, 0.717) is 11.6 Å². The molecule has 0 saturated heterocycles. The average Bonchev–Trinajstić information content (AvgIpc) is 2.73. The third-order valence-corrected chi connectivity index (χ3v) is 6.52. The molecule has 0 bridgehead atoms. The van der Waals surface area contributed by atoms with Gasteiger partial charge in [0, 0.05) is 24.7 Å². The molecule has 1 aromatic rings. The van der Waals surface area contributed by atoms with Gasteiger partial charge in [0.05, 0.1) is 6.42 Å². The molecule has 2 aliphatic rings. The summed E-state index contributed by atoms with van der Waals surface area (Å²) >= 11 is 0. The summed E-state index contributed by atoms with van der Waals surface area (Å²) in [5, 5.41) is 14.9. The van der Waals surface area contributed by atoms with Gasteiger partial charge >= 0.3 is 5.97 Å². The molecule has 5 nitrogen and oxygen atoms in total. The Balaban J connectivity index is 1.37. The van der Waals surface area contributed by atoms with Crippen LogP contribution in [0, 0.1) is 11.8 Å². The van der Waals surface area contributed by atoms with Gasteiger partial charge in [0.2, 0.25) is 0 Å². The molecule has 0 radical (unpaired) electrons. The molecule has 2 saturated carbocycles. The molecule has 1 amide bonds. The average molecular weight is 387 g/mol. The number of rotatable bonds is 8. The molecule has 0 atom stereocenters. The molecule has 154 valence electrons. The zero-order valence-electron chi connectivity index (χ0n) is 16.8. The highest BCUT2D eigenvalue weighted by molar-refractivity contribution is 5.94. The Hall–Kier alpha value is -1.88. The zero-order chi connectivity index (χ0) is 19.8. The van der Waals surface area contributed by atoms with Crippen LogP contribution in [0.2, 0.25) is 0 Å². The molecule has 0 spiro atoms. The van der Waals surface area contributed by atoms with Crippen molar-refractivity contribution in [3.05, 3.63) is 35.4 Å². The van der Waals surface area contributed by atoms with Crippen molar-refractivity contribution < 1.29 is 14.7 Å². The number of hydrogen-bond donors (Lipinski definition) is 3. The van der Waals surface area contributed by atoms with Gasteiger partial charge in [-0.3, -0.25) is 9.59 Å². The molecule has 0 heterocycles. The molecule has 5 heteroatoms. The summed E-state index contributed by atoms with van der Waals surface area (Å²) in [7, 11) is 0. The number of amides is 1. The lowest BCUT2D eigenvalue weighted by molar-refractivity contribution is -0.136. The highest BCUT2D eigenvalue weighted by Crippen LogP contribution is 2.38. The molecule has 3 N–H and O–H groups in total. The Labute approximate surface area is 168 Å². The third-order valence-electron chi connectivity index (χ3n) is 6.52. The van der Waals surface area contributed by atoms with Crippen LogP contribution in [-0.4, -0.2) is 29.6 Å². The molecule has 3 rings (SSSR count). The second kappa shape index (κ2) is 10.6. The van der Waals surface area contributed by atoms with E-state index in [2.05, 4.69) is 10.6 Å². The number of carboxylic acid groups (broad SMARTS) is 1. The summed E-state index contributed by atoms with van der Waals surface area (Å²) in [5.41, 5.74) is 1.75. The molecule has 1 aromatic carbocycles. The van der Waals surface area contributed by atoms with Gasteiger partial charge in [-0.15, -0.1) is 0 Å². The quantitative estimate of drug-likeness (QED) is 0.628. The highest BCUT2D eigenvalue weighted by Gasteiger charge is 2.28. The number of carbonyl (C=O) groups is 2. The first kappa shape index (κ1) is 20.8. The van der Waals surface area contributed by atoms with E-state index in [4.69, 9.17) is 5.11 Å². The van der Waals surface area contributed by atoms with Crippen LogP contribution in [0.1, 0.15) is 80.1 Å². The van der Waals surface area contributed by atoms with Crippen LogP contribution in [0.3, 0.4) is 0 Å². The van der Waals surface area contributed by atoms with Gasteiger partial charge in [0.15, 0.2) is 0 Å². The molecular weight excluding hydrogens is 352 g/mol. The van der Waals surface area contributed by atoms with Crippen LogP contribution < -0.4 is 10.6 Å². The van der Waals surface area contributed by atoms with Crippen molar-refractivity contribution in [1.82, 2.24) is 10.6 Å². The second-order valence-corrected chi connectivity index (χ2v) is 8.49. The number of nitrogens with one attached hydrogen (secondary N) is 2. The summed E-state index contributed by atoms with van der Waals surface area (Å²) in [6.45, 7) is 0.987.